The number of rotatable bonds is 7. The van der Waals surface area contributed by atoms with Gasteiger partial charge in [-0.1, -0.05) is 0 Å². The van der Waals surface area contributed by atoms with Crippen LogP contribution in [0.5, 0.6) is 0 Å². The molecule has 2 heterocycles. The van der Waals surface area contributed by atoms with Crippen LogP contribution in [-0.2, 0) is 18.3 Å². The van der Waals surface area contributed by atoms with E-state index in [0.717, 1.165) is 34.0 Å². The van der Waals surface area contributed by atoms with Gasteiger partial charge in [0.15, 0.2) is 4.34 Å². The Morgan fingerprint density at radius 1 is 1.40 bits per heavy atom. The van der Waals surface area contributed by atoms with Crippen molar-refractivity contribution in [1.29, 1.82) is 0 Å². The second-order valence-electron chi connectivity index (χ2n) is 4.37. The highest BCUT2D eigenvalue weighted by molar-refractivity contribution is 8.00. The van der Waals surface area contributed by atoms with Gasteiger partial charge in [-0.25, -0.2) is 4.98 Å². The van der Waals surface area contributed by atoms with Crippen LogP contribution in [0.4, 0.5) is 0 Å². The van der Waals surface area contributed by atoms with E-state index in [1.807, 2.05) is 25.6 Å². The van der Waals surface area contributed by atoms with E-state index in [1.54, 1.807) is 18.9 Å². The van der Waals surface area contributed by atoms with Gasteiger partial charge in [0.2, 0.25) is 0 Å². The molecule has 0 aromatic carbocycles. The van der Waals surface area contributed by atoms with Crippen molar-refractivity contribution >= 4 is 23.3 Å². The summed E-state index contributed by atoms with van der Waals surface area (Å²) in [7, 11) is 3.66. The average molecular weight is 313 g/mol. The maximum Gasteiger partial charge on any atom is 0.176 e. The average Bonchev–Trinajstić information content (AvgIpc) is 2.92. The van der Waals surface area contributed by atoms with E-state index in [0.29, 0.717) is 6.61 Å². The standard InChI is InChI=1S/C12H19N5OS2/c1-8-10(7-13-5-6-18-4)11(17(3)15-8)19-12-14-9(2)16-20-12/h13H,5-7H2,1-4H3. The zero-order chi connectivity index (χ0) is 14.5. The molecule has 8 heteroatoms. The van der Waals surface area contributed by atoms with Crippen molar-refractivity contribution in [3.63, 3.8) is 0 Å². The van der Waals surface area contributed by atoms with E-state index in [4.69, 9.17) is 4.74 Å². The molecule has 0 spiro atoms. The zero-order valence-corrected chi connectivity index (χ0v) is 13.8. The molecule has 0 unspecified atom stereocenters. The number of aryl methyl sites for hydroxylation is 3. The van der Waals surface area contributed by atoms with Crippen LogP contribution in [0.2, 0.25) is 0 Å². The lowest BCUT2D eigenvalue weighted by Gasteiger charge is -2.06. The predicted octanol–water partition coefficient (Wildman–Crippen LogP) is 1.78. The van der Waals surface area contributed by atoms with E-state index in [9.17, 15) is 0 Å². The van der Waals surface area contributed by atoms with Gasteiger partial charge < -0.3 is 10.1 Å². The molecule has 0 aliphatic rings. The van der Waals surface area contributed by atoms with Gasteiger partial charge in [-0.05, 0) is 37.1 Å². The van der Waals surface area contributed by atoms with Crippen LogP contribution in [-0.4, -0.2) is 39.4 Å². The van der Waals surface area contributed by atoms with Crippen LogP contribution >= 0.6 is 23.3 Å². The molecule has 0 saturated heterocycles. The third-order valence-corrected chi connectivity index (χ3v) is 4.81. The Labute approximate surface area is 127 Å². The van der Waals surface area contributed by atoms with Gasteiger partial charge in [-0.15, -0.1) is 0 Å². The van der Waals surface area contributed by atoms with Crippen molar-refractivity contribution in [2.24, 2.45) is 7.05 Å². The number of hydrogen-bond acceptors (Lipinski definition) is 7. The molecule has 0 aliphatic heterocycles. The van der Waals surface area contributed by atoms with Crippen LogP contribution in [0.1, 0.15) is 17.1 Å². The minimum Gasteiger partial charge on any atom is -0.383 e. The molecule has 110 valence electrons. The maximum absolute atomic E-state index is 5.04. The molecule has 2 aromatic rings. The molecule has 0 radical (unpaired) electrons. The zero-order valence-electron chi connectivity index (χ0n) is 12.1. The molecule has 0 atom stereocenters. The lowest BCUT2D eigenvalue weighted by Crippen LogP contribution is -2.19. The second-order valence-corrected chi connectivity index (χ2v) is 6.36. The van der Waals surface area contributed by atoms with Crippen molar-refractivity contribution < 1.29 is 4.74 Å². The molecule has 0 aliphatic carbocycles. The Balaban J connectivity index is 2.10. The molecular formula is C12H19N5OS2. The van der Waals surface area contributed by atoms with Crippen molar-refractivity contribution in [1.82, 2.24) is 24.5 Å². The molecule has 1 N–H and O–H groups in total. The normalized spacial score (nSPS) is 11.2. The number of methoxy groups -OCH3 is 1. The third-order valence-electron chi connectivity index (χ3n) is 2.77. The van der Waals surface area contributed by atoms with E-state index in [-0.39, 0.29) is 0 Å². The number of ether oxygens (including phenoxy) is 1. The molecule has 2 aromatic heterocycles. The lowest BCUT2D eigenvalue weighted by molar-refractivity contribution is 0.199. The summed E-state index contributed by atoms with van der Waals surface area (Å²) in [6, 6.07) is 0. The predicted molar refractivity (Wildman–Crippen MR) is 80.3 cm³/mol. The van der Waals surface area contributed by atoms with Gasteiger partial charge in [-0.3, -0.25) is 4.68 Å². The minimum atomic E-state index is 0.706. The topological polar surface area (TPSA) is 64.9 Å². The van der Waals surface area contributed by atoms with Crippen LogP contribution in [0, 0.1) is 13.8 Å². The summed E-state index contributed by atoms with van der Waals surface area (Å²) in [5, 5.41) is 8.97. The van der Waals surface area contributed by atoms with Gasteiger partial charge >= 0.3 is 0 Å². The van der Waals surface area contributed by atoms with E-state index in [1.165, 1.54) is 17.1 Å². The lowest BCUT2D eigenvalue weighted by atomic mass is 10.2. The van der Waals surface area contributed by atoms with Gasteiger partial charge in [0, 0.05) is 32.8 Å². The molecule has 0 bridgehead atoms. The first-order valence-electron chi connectivity index (χ1n) is 6.32. The quantitative estimate of drug-likeness (QED) is 0.786. The Hall–Kier alpha value is -0.960. The smallest absolute Gasteiger partial charge is 0.176 e. The fourth-order valence-electron chi connectivity index (χ4n) is 1.80. The van der Waals surface area contributed by atoms with E-state index in [2.05, 4.69) is 19.8 Å². The fourth-order valence-corrected chi connectivity index (χ4v) is 3.58. The first kappa shape index (κ1) is 15.4. The SMILES string of the molecule is COCCNCc1c(C)nn(C)c1Sc1nc(C)ns1. The minimum absolute atomic E-state index is 0.706. The summed E-state index contributed by atoms with van der Waals surface area (Å²) in [5.74, 6) is 0.816. The Bertz CT molecular complexity index is 566. The van der Waals surface area contributed by atoms with E-state index < -0.39 is 0 Å². The Morgan fingerprint density at radius 3 is 2.85 bits per heavy atom. The first-order chi connectivity index (χ1) is 9.61. The number of nitrogens with one attached hydrogen (secondary N) is 1. The first-order valence-corrected chi connectivity index (χ1v) is 7.91. The van der Waals surface area contributed by atoms with Gasteiger partial charge in [0.25, 0.3) is 0 Å². The monoisotopic (exact) mass is 313 g/mol. The molecule has 0 saturated carbocycles. The molecule has 0 amide bonds. The number of aromatic nitrogens is 4. The molecule has 6 nitrogen and oxygen atoms in total. The summed E-state index contributed by atoms with van der Waals surface area (Å²) in [5.41, 5.74) is 2.25. The summed E-state index contributed by atoms with van der Waals surface area (Å²) in [6.07, 6.45) is 0. The summed E-state index contributed by atoms with van der Waals surface area (Å²) in [4.78, 5) is 4.40. The Kier molecular flexibility index (Phi) is 5.53. The number of nitrogens with zero attached hydrogens (tertiary/aromatic N) is 4. The largest absolute Gasteiger partial charge is 0.383 e. The molecule has 0 fully saturated rings. The van der Waals surface area contributed by atoms with Crippen LogP contribution in [0.15, 0.2) is 9.37 Å². The Morgan fingerprint density at radius 2 is 2.20 bits per heavy atom. The van der Waals surface area contributed by atoms with Gasteiger partial charge in [0.1, 0.15) is 10.9 Å². The van der Waals surface area contributed by atoms with Crippen molar-refractivity contribution in [3.05, 3.63) is 17.1 Å². The molecule has 20 heavy (non-hydrogen) atoms. The number of hydrogen-bond donors (Lipinski definition) is 1. The highest BCUT2D eigenvalue weighted by Gasteiger charge is 2.16. The van der Waals surface area contributed by atoms with Crippen LogP contribution < -0.4 is 5.32 Å². The molecule has 2 rings (SSSR count). The van der Waals surface area contributed by atoms with Crippen molar-refractivity contribution in [2.45, 2.75) is 29.8 Å². The molecular weight excluding hydrogens is 294 g/mol. The fraction of sp³-hybridized carbons (Fsp3) is 0.583. The third kappa shape index (κ3) is 3.78. The second kappa shape index (κ2) is 7.16. The van der Waals surface area contributed by atoms with E-state index >= 15 is 0 Å². The highest BCUT2D eigenvalue weighted by Crippen LogP contribution is 2.32. The summed E-state index contributed by atoms with van der Waals surface area (Å²) in [6.45, 7) is 6.25. The summed E-state index contributed by atoms with van der Waals surface area (Å²) >= 11 is 3.04. The van der Waals surface area contributed by atoms with Crippen molar-refractivity contribution in [3.8, 4) is 0 Å². The van der Waals surface area contributed by atoms with Gasteiger partial charge in [0.05, 0.1) is 12.3 Å². The maximum atomic E-state index is 5.04. The van der Waals surface area contributed by atoms with Crippen LogP contribution in [0.25, 0.3) is 0 Å². The highest BCUT2D eigenvalue weighted by atomic mass is 32.2. The summed E-state index contributed by atoms with van der Waals surface area (Å²) < 4.78 is 12.1. The van der Waals surface area contributed by atoms with Crippen LogP contribution in [0.3, 0.4) is 0 Å². The van der Waals surface area contributed by atoms with Gasteiger partial charge in [-0.2, -0.15) is 9.47 Å². The van der Waals surface area contributed by atoms with Crippen molar-refractivity contribution in [2.75, 3.05) is 20.3 Å².